The van der Waals surface area contributed by atoms with Crippen LogP contribution >= 0.6 is 22.9 Å². The number of carbonyl (C=O) groups is 2. The van der Waals surface area contributed by atoms with Crippen molar-refractivity contribution in [1.82, 2.24) is 0 Å². The molecule has 1 aliphatic rings. The molecule has 3 rings (SSSR count). The molecule has 1 N–H and O–H groups in total. The molecule has 1 aromatic heterocycles. The number of hydrogen-bond acceptors (Lipinski definition) is 5. The molecule has 1 amide bonds. The highest BCUT2D eigenvalue weighted by Crippen LogP contribution is 2.29. The van der Waals surface area contributed by atoms with E-state index >= 15 is 0 Å². The average molecular weight is 394 g/mol. The van der Waals surface area contributed by atoms with Gasteiger partial charge in [0.05, 0.1) is 12.1 Å². The average Bonchev–Trinajstić information content (AvgIpc) is 2.91. The van der Waals surface area contributed by atoms with Crippen LogP contribution in [0.25, 0.3) is 0 Å². The van der Waals surface area contributed by atoms with Crippen LogP contribution in [0, 0.1) is 0 Å². The molecule has 0 spiro atoms. The van der Waals surface area contributed by atoms with E-state index in [4.69, 9.17) is 21.1 Å². The molecule has 2 aromatic rings. The molecule has 1 heterocycles. The minimum Gasteiger partial charge on any atom is -0.495 e. The maximum absolute atomic E-state index is 12.2. The summed E-state index contributed by atoms with van der Waals surface area (Å²) >= 11 is 7.50. The summed E-state index contributed by atoms with van der Waals surface area (Å²) in [5, 5.41) is 3.04. The van der Waals surface area contributed by atoms with E-state index in [0.717, 1.165) is 25.7 Å². The molecule has 0 atom stereocenters. The van der Waals surface area contributed by atoms with Crippen LogP contribution in [0.3, 0.4) is 0 Å². The maximum atomic E-state index is 12.2. The number of benzene rings is 1. The van der Waals surface area contributed by atoms with Crippen LogP contribution in [-0.4, -0.2) is 25.6 Å². The molecule has 0 bridgehead atoms. The van der Waals surface area contributed by atoms with Crippen molar-refractivity contribution in [2.24, 2.45) is 0 Å². The highest BCUT2D eigenvalue weighted by molar-refractivity contribution is 7.14. The lowest BCUT2D eigenvalue weighted by atomic mass is 10.1. The van der Waals surface area contributed by atoms with Gasteiger partial charge in [-0.25, -0.2) is 4.79 Å². The van der Waals surface area contributed by atoms with Crippen molar-refractivity contribution in [2.45, 2.75) is 32.1 Å². The number of hydrogen-bond donors (Lipinski definition) is 1. The van der Waals surface area contributed by atoms with E-state index in [1.54, 1.807) is 18.2 Å². The third kappa shape index (κ3) is 4.56. The van der Waals surface area contributed by atoms with Gasteiger partial charge in [0.1, 0.15) is 10.6 Å². The van der Waals surface area contributed by atoms with Crippen LogP contribution in [0.15, 0.2) is 24.3 Å². The van der Waals surface area contributed by atoms with E-state index in [-0.39, 0.29) is 6.61 Å². The van der Waals surface area contributed by atoms with Gasteiger partial charge >= 0.3 is 5.97 Å². The number of anilines is 1. The number of thiophene rings is 1. The summed E-state index contributed by atoms with van der Waals surface area (Å²) in [6.07, 6.45) is 5.58. The first-order chi connectivity index (χ1) is 12.6. The highest BCUT2D eigenvalue weighted by atomic mass is 35.5. The first kappa shape index (κ1) is 18.7. The second-order valence-electron chi connectivity index (χ2n) is 6.09. The summed E-state index contributed by atoms with van der Waals surface area (Å²) in [7, 11) is 1.52. The van der Waals surface area contributed by atoms with Crippen LogP contribution < -0.4 is 10.1 Å². The zero-order chi connectivity index (χ0) is 18.5. The Balaban J connectivity index is 1.54. The Bertz CT molecular complexity index is 794. The number of nitrogens with one attached hydrogen (secondary N) is 1. The monoisotopic (exact) mass is 393 g/mol. The number of amides is 1. The van der Waals surface area contributed by atoms with E-state index in [1.807, 2.05) is 6.07 Å². The second-order valence-corrected chi connectivity index (χ2v) is 7.64. The van der Waals surface area contributed by atoms with Gasteiger partial charge in [-0.3, -0.25) is 4.79 Å². The first-order valence-electron chi connectivity index (χ1n) is 8.49. The largest absolute Gasteiger partial charge is 0.495 e. The van der Waals surface area contributed by atoms with Crippen LogP contribution in [-0.2, 0) is 22.4 Å². The Kier molecular flexibility index (Phi) is 6.16. The number of ether oxygens (including phenoxy) is 2. The number of halogens is 1. The van der Waals surface area contributed by atoms with E-state index in [0.29, 0.717) is 21.3 Å². The third-order valence-corrected chi connectivity index (χ3v) is 5.73. The van der Waals surface area contributed by atoms with Crippen LogP contribution in [0.1, 0.15) is 39.4 Å². The Hall–Kier alpha value is -2.05. The minimum atomic E-state index is -0.453. The van der Waals surface area contributed by atoms with Gasteiger partial charge in [0.25, 0.3) is 5.91 Å². The molecule has 0 radical (unpaired) electrons. The SMILES string of the molecule is COc1ccc(NC(=O)COC(=O)c2cc3c(s2)CCCCC3)cc1Cl. The van der Waals surface area contributed by atoms with Crippen molar-refractivity contribution in [3.63, 3.8) is 0 Å². The van der Waals surface area contributed by atoms with E-state index in [2.05, 4.69) is 5.32 Å². The molecule has 7 heteroatoms. The van der Waals surface area contributed by atoms with Crippen molar-refractivity contribution in [2.75, 3.05) is 19.0 Å². The number of esters is 1. The van der Waals surface area contributed by atoms with Gasteiger partial charge in [-0.05, 0) is 55.5 Å². The molecular weight excluding hydrogens is 374 g/mol. The summed E-state index contributed by atoms with van der Waals surface area (Å²) in [5.74, 6) is -0.350. The fourth-order valence-electron chi connectivity index (χ4n) is 2.91. The maximum Gasteiger partial charge on any atom is 0.348 e. The summed E-state index contributed by atoms with van der Waals surface area (Å²) in [4.78, 5) is 26.0. The molecule has 0 unspecified atom stereocenters. The van der Waals surface area contributed by atoms with Crippen LogP contribution in [0.5, 0.6) is 5.75 Å². The lowest BCUT2D eigenvalue weighted by Crippen LogP contribution is -2.20. The quantitative estimate of drug-likeness (QED) is 0.601. The van der Waals surface area contributed by atoms with Crippen LogP contribution in [0.4, 0.5) is 5.69 Å². The Labute approximate surface area is 161 Å². The predicted molar refractivity (Wildman–Crippen MR) is 102 cm³/mol. The zero-order valence-electron chi connectivity index (χ0n) is 14.5. The van der Waals surface area contributed by atoms with Crippen LogP contribution in [0.2, 0.25) is 5.02 Å². The summed E-state index contributed by atoms with van der Waals surface area (Å²) in [5.41, 5.74) is 1.76. The summed E-state index contributed by atoms with van der Waals surface area (Å²) < 4.78 is 10.2. The number of rotatable bonds is 5. The lowest BCUT2D eigenvalue weighted by molar-refractivity contribution is -0.119. The van der Waals surface area contributed by atoms with E-state index in [9.17, 15) is 9.59 Å². The topological polar surface area (TPSA) is 64.6 Å². The normalized spacial score (nSPS) is 13.5. The number of methoxy groups -OCH3 is 1. The third-order valence-electron chi connectivity index (χ3n) is 4.22. The Morgan fingerprint density at radius 2 is 2.00 bits per heavy atom. The Morgan fingerprint density at radius 1 is 1.19 bits per heavy atom. The van der Waals surface area contributed by atoms with Crippen molar-refractivity contribution in [1.29, 1.82) is 0 Å². The van der Waals surface area contributed by atoms with Crippen molar-refractivity contribution < 1.29 is 19.1 Å². The van der Waals surface area contributed by atoms with Crippen molar-refractivity contribution in [3.8, 4) is 5.75 Å². The molecular formula is C19H20ClNO4S. The number of carbonyl (C=O) groups excluding carboxylic acids is 2. The van der Waals surface area contributed by atoms with Gasteiger partial charge in [0.2, 0.25) is 0 Å². The zero-order valence-corrected chi connectivity index (χ0v) is 16.0. The van der Waals surface area contributed by atoms with Crippen molar-refractivity contribution >= 4 is 40.5 Å². The molecule has 138 valence electrons. The Morgan fingerprint density at radius 3 is 2.77 bits per heavy atom. The molecule has 26 heavy (non-hydrogen) atoms. The van der Waals surface area contributed by atoms with Gasteiger partial charge in [-0.2, -0.15) is 0 Å². The lowest BCUT2D eigenvalue weighted by Gasteiger charge is -2.08. The molecule has 0 aliphatic heterocycles. The number of aryl methyl sites for hydroxylation is 2. The smallest absolute Gasteiger partial charge is 0.348 e. The minimum absolute atomic E-state index is 0.342. The van der Waals surface area contributed by atoms with Gasteiger partial charge in [0.15, 0.2) is 6.61 Å². The predicted octanol–water partition coefficient (Wildman–Crippen LogP) is 4.47. The van der Waals surface area contributed by atoms with Gasteiger partial charge in [-0.1, -0.05) is 18.0 Å². The number of fused-ring (bicyclic) bond motifs is 1. The first-order valence-corrected chi connectivity index (χ1v) is 9.68. The van der Waals surface area contributed by atoms with Crippen molar-refractivity contribution in [3.05, 3.63) is 44.6 Å². The summed E-state index contributed by atoms with van der Waals surface area (Å²) in [6, 6.07) is 6.81. The molecule has 0 saturated heterocycles. The fraction of sp³-hybridized carbons (Fsp3) is 0.368. The standard InChI is InChI=1S/C19H20ClNO4S/c1-24-15-8-7-13(10-14(15)20)21-18(22)11-25-19(23)17-9-12-5-3-2-4-6-16(12)26-17/h7-10H,2-6,11H2,1H3,(H,21,22). The molecule has 1 aliphatic carbocycles. The highest BCUT2D eigenvalue weighted by Gasteiger charge is 2.18. The molecule has 1 aromatic carbocycles. The van der Waals surface area contributed by atoms with Gasteiger partial charge < -0.3 is 14.8 Å². The van der Waals surface area contributed by atoms with Gasteiger partial charge in [0, 0.05) is 10.6 Å². The summed E-state index contributed by atoms with van der Waals surface area (Å²) in [6.45, 7) is -0.342. The van der Waals surface area contributed by atoms with E-state index < -0.39 is 11.9 Å². The van der Waals surface area contributed by atoms with Gasteiger partial charge in [-0.15, -0.1) is 11.3 Å². The molecule has 5 nitrogen and oxygen atoms in total. The second kappa shape index (κ2) is 8.56. The molecule has 0 fully saturated rings. The van der Waals surface area contributed by atoms with E-state index in [1.165, 1.54) is 35.3 Å². The molecule has 0 saturated carbocycles. The fourth-order valence-corrected chi connectivity index (χ4v) is 4.32.